The predicted octanol–water partition coefficient (Wildman–Crippen LogP) is 2.52. The normalized spacial score (nSPS) is 25.0. The third-order valence-corrected chi connectivity index (χ3v) is 5.86. The predicted molar refractivity (Wildman–Crippen MR) is 86.4 cm³/mol. The molecular weight excluding hydrogens is 298 g/mol. The van der Waals surface area contributed by atoms with Gasteiger partial charge in [-0.3, -0.25) is 4.40 Å². The lowest BCUT2D eigenvalue weighted by molar-refractivity contribution is -0.140. The summed E-state index contributed by atoms with van der Waals surface area (Å²) < 4.78 is 13.8. The van der Waals surface area contributed by atoms with Crippen molar-refractivity contribution in [2.75, 3.05) is 19.8 Å². The van der Waals surface area contributed by atoms with Gasteiger partial charge in [0.05, 0.1) is 11.3 Å². The Morgan fingerprint density at radius 3 is 3.09 bits per heavy atom. The van der Waals surface area contributed by atoms with Crippen molar-refractivity contribution in [2.45, 2.75) is 50.8 Å². The van der Waals surface area contributed by atoms with E-state index in [2.05, 4.69) is 33.2 Å². The van der Waals surface area contributed by atoms with Crippen molar-refractivity contribution in [3.63, 3.8) is 0 Å². The van der Waals surface area contributed by atoms with Crippen molar-refractivity contribution in [3.8, 4) is 0 Å². The quantitative estimate of drug-likeness (QED) is 0.944. The topological polar surface area (TPSA) is 47.8 Å². The average molecular weight is 321 g/mol. The Kier molecular flexibility index (Phi) is 3.94. The highest BCUT2D eigenvalue weighted by Crippen LogP contribution is 2.34. The Bertz CT molecular complexity index is 639. The summed E-state index contributed by atoms with van der Waals surface area (Å²) in [7, 11) is 0. The van der Waals surface area contributed by atoms with Gasteiger partial charge < -0.3 is 14.8 Å². The number of thiazole rings is 1. The maximum absolute atomic E-state index is 6.10. The first-order chi connectivity index (χ1) is 10.7. The van der Waals surface area contributed by atoms with E-state index < -0.39 is 0 Å². The van der Waals surface area contributed by atoms with Gasteiger partial charge in [-0.15, -0.1) is 11.3 Å². The molecule has 120 valence electrons. The second-order valence-corrected chi connectivity index (χ2v) is 7.31. The number of aromatic nitrogens is 2. The van der Waals surface area contributed by atoms with Gasteiger partial charge in [-0.25, -0.2) is 4.98 Å². The van der Waals surface area contributed by atoms with Crippen LogP contribution in [0.5, 0.6) is 0 Å². The van der Waals surface area contributed by atoms with Crippen LogP contribution in [0.15, 0.2) is 11.6 Å². The molecule has 0 aliphatic carbocycles. The lowest BCUT2D eigenvalue weighted by atomic mass is 9.84. The highest BCUT2D eigenvalue weighted by Gasteiger charge is 2.38. The monoisotopic (exact) mass is 321 g/mol. The van der Waals surface area contributed by atoms with E-state index in [1.54, 1.807) is 11.3 Å². The number of aryl methyl sites for hydroxylation is 1. The van der Waals surface area contributed by atoms with Crippen LogP contribution in [0.2, 0.25) is 0 Å². The number of nitrogens with zero attached hydrogens (tertiary/aromatic N) is 2. The van der Waals surface area contributed by atoms with Gasteiger partial charge in [0.1, 0.15) is 0 Å². The summed E-state index contributed by atoms with van der Waals surface area (Å²) in [5.41, 5.74) is 2.44. The Morgan fingerprint density at radius 1 is 1.41 bits per heavy atom. The molecule has 1 spiro atoms. The van der Waals surface area contributed by atoms with Crippen LogP contribution in [-0.4, -0.2) is 40.8 Å². The van der Waals surface area contributed by atoms with Crippen molar-refractivity contribution in [3.05, 3.63) is 23.0 Å². The zero-order valence-electron chi connectivity index (χ0n) is 13.0. The van der Waals surface area contributed by atoms with Crippen molar-refractivity contribution in [1.82, 2.24) is 14.7 Å². The lowest BCUT2D eigenvalue weighted by Crippen LogP contribution is -2.49. The van der Waals surface area contributed by atoms with Crippen molar-refractivity contribution >= 4 is 16.3 Å². The van der Waals surface area contributed by atoms with E-state index in [4.69, 9.17) is 9.47 Å². The molecule has 4 heterocycles. The second kappa shape index (κ2) is 5.92. The van der Waals surface area contributed by atoms with Gasteiger partial charge in [0.15, 0.2) is 4.96 Å². The van der Waals surface area contributed by atoms with Gasteiger partial charge in [-0.05, 0) is 32.6 Å². The molecule has 0 bridgehead atoms. The van der Waals surface area contributed by atoms with Gasteiger partial charge in [0.25, 0.3) is 0 Å². The van der Waals surface area contributed by atoms with Crippen LogP contribution in [-0.2, 0) is 16.0 Å². The third kappa shape index (κ3) is 2.80. The van der Waals surface area contributed by atoms with Crippen LogP contribution in [0.1, 0.15) is 37.1 Å². The molecule has 4 rings (SSSR count). The van der Waals surface area contributed by atoms with E-state index in [1.807, 2.05) is 0 Å². The maximum atomic E-state index is 6.10. The molecule has 2 saturated heterocycles. The molecule has 6 heteroatoms. The SMILES string of the molecule is Cc1csc2nc(CNC3CCOC4(CCOCC4)C3)cn12. The van der Waals surface area contributed by atoms with Crippen LogP contribution in [0.4, 0.5) is 0 Å². The number of fused-ring (bicyclic) bond motifs is 1. The Labute approximate surface area is 134 Å². The maximum Gasteiger partial charge on any atom is 0.194 e. The van der Waals surface area contributed by atoms with Gasteiger partial charge in [-0.1, -0.05) is 0 Å². The molecule has 0 radical (unpaired) electrons. The fourth-order valence-corrected chi connectivity index (χ4v) is 4.44. The third-order valence-electron chi connectivity index (χ3n) is 4.91. The molecule has 2 fully saturated rings. The fourth-order valence-electron chi connectivity index (χ4n) is 3.57. The second-order valence-electron chi connectivity index (χ2n) is 6.48. The summed E-state index contributed by atoms with van der Waals surface area (Å²) in [4.78, 5) is 5.78. The minimum absolute atomic E-state index is 0.0549. The molecule has 0 amide bonds. The summed E-state index contributed by atoms with van der Waals surface area (Å²) >= 11 is 1.70. The Morgan fingerprint density at radius 2 is 2.27 bits per heavy atom. The van der Waals surface area contributed by atoms with Crippen LogP contribution < -0.4 is 5.32 Å². The van der Waals surface area contributed by atoms with E-state index in [1.165, 1.54) is 5.69 Å². The summed E-state index contributed by atoms with van der Waals surface area (Å²) in [6.07, 6.45) is 6.40. The molecule has 1 atom stereocenters. The molecule has 2 aromatic rings. The standard InChI is InChI=1S/C16H23N3O2S/c1-12-11-22-15-18-14(10-19(12)15)9-17-13-2-5-21-16(8-13)3-6-20-7-4-16/h10-11,13,17H,2-9H2,1H3. The minimum atomic E-state index is 0.0549. The Hall–Kier alpha value is -0.950. The summed E-state index contributed by atoms with van der Waals surface area (Å²) in [6.45, 7) is 5.49. The first-order valence-corrected chi connectivity index (χ1v) is 8.99. The van der Waals surface area contributed by atoms with E-state index in [-0.39, 0.29) is 5.60 Å². The zero-order valence-corrected chi connectivity index (χ0v) is 13.8. The van der Waals surface area contributed by atoms with E-state index in [9.17, 15) is 0 Å². The van der Waals surface area contributed by atoms with Gasteiger partial charge in [0, 0.05) is 49.7 Å². The molecule has 2 aromatic heterocycles. The highest BCUT2D eigenvalue weighted by molar-refractivity contribution is 7.15. The highest BCUT2D eigenvalue weighted by atomic mass is 32.1. The number of imidazole rings is 1. The zero-order chi connectivity index (χ0) is 15.0. The minimum Gasteiger partial charge on any atom is -0.381 e. The molecule has 1 N–H and O–H groups in total. The Balaban J connectivity index is 1.38. The van der Waals surface area contributed by atoms with Crippen molar-refractivity contribution < 1.29 is 9.47 Å². The van der Waals surface area contributed by atoms with Crippen LogP contribution in [0.3, 0.4) is 0 Å². The van der Waals surface area contributed by atoms with Gasteiger partial charge in [-0.2, -0.15) is 0 Å². The molecule has 0 saturated carbocycles. The smallest absolute Gasteiger partial charge is 0.194 e. The molecular formula is C16H23N3O2S. The summed E-state index contributed by atoms with van der Waals surface area (Å²) in [5.74, 6) is 0. The summed E-state index contributed by atoms with van der Waals surface area (Å²) in [5, 5.41) is 5.83. The van der Waals surface area contributed by atoms with Gasteiger partial charge in [0.2, 0.25) is 0 Å². The van der Waals surface area contributed by atoms with Crippen LogP contribution >= 0.6 is 11.3 Å². The van der Waals surface area contributed by atoms with E-state index in [0.29, 0.717) is 6.04 Å². The van der Waals surface area contributed by atoms with Crippen LogP contribution in [0, 0.1) is 6.92 Å². The number of ether oxygens (including phenoxy) is 2. The van der Waals surface area contributed by atoms with E-state index >= 15 is 0 Å². The number of hydrogen-bond donors (Lipinski definition) is 1. The largest absolute Gasteiger partial charge is 0.381 e. The lowest BCUT2D eigenvalue weighted by Gasteiger charge is -2.43. The summed E-state index contributed by atoms with van der Waals surface area (Å²) in [6, 6.07) is 0.521. The first kappa shape index (κ1) is 14.6. The average Bonchev–Trinajstić information content (AvgIpc) is 3.08. The molecule has 0 aromatic carbocycles. The van der Waals surface area contributed by atoms with E-state index in [0.717, 1.165) is 62.7 Å². The van der Waals surface area contributed by atoms with Crippen LogP contribution in [0.25, 0.3) is 4.96 Å². The van der Waals surface area contributed by atoms with Crippen molar-refractivity contribution in [1.29, 1.82) is 0 Å². The van der Waals surface area contributed by atoms with Gasteiger partial charge >= 0.3 is 0 Å². The molecule has 22 heavy (non-hydrogen) atoms. The molecule has 1 unspecified atom stereocenters. The molecule has 2 aliphatic rings. The number of hydrogen-bond acceptors (Lipinski definition) is 5. The first-order valence-electron chi connectivity index (χ1n) is 8.11. The molecule has 2 aliphatic heterocycles. The van der Waals surface area contributed by atoms with Crippen molar-refractivity contribution in [2.24, 2.45) is 0 Å². The molecule has 5 nitrogen and oxygen atoms in total. The fraction of sp³-hybridized carbons (Fsp3) is 0.688. The number of rotatable bonds is 3. The number of nitrogens with one attached hydrogen (secondary N) is 1.